The first-order valence-corrected chi connectivity index (χ1v) is 8.51. The van der Waals surface area contributed by atoms with Gasteiger partial charge < -0.3 is 10.1 Å². The summed E-state index contributed by atoms with van der Waals surface area (Å²) in [4.78, 5) is 11.3. The molecule has 0 bridgehead atoms. The molecule has 0 radical (unpaired) electrons. The van der Waals surface area contributed by atoms with Crippen molar-refractivity contribution in [2.75, 3.05) is 12.4 Å². The quantitative estimate of drug-likeness (QED) is 0.921. The number of hydrogen-bond acceptors (Lipinski definition) is 5. The van der Waals surface area contributed by atoms with Crippen molar-refractivity contribution in [1.82, 2.24) is 9.97 Å². The Bertz CT molecular complexity index is 640. The fourth-order valence-electron chi connectivity index (χ4n) is 2.98. The monoisotopic (exact) mass is 305 g/mol. The number of thiophene rings is 1. The van der Waals surface area contributed by atoms with Crippen LogP contribution in [0.3, 0.4) is 0 Å². The van der Waals surface area contributed by atoms with E-state index in [0.29, 0.717) is 11.9 Å². The van der Waals surface area contributed by atoms with E-state index in [1.807, 2.05) is 7.05 Å². The van der Waals surface area contributed by atoms with Gasteiger partial charge in [0.25, 0.3) is 0 Å². The highest BCUT2D eigenvalue weighted by Gasteiger charge is 2.27. The van der Waals surface area contributed by atoms with E-state index < -0.39 is 0 Å². The van der Waals surface area contributed by atoms with Gasteiger partial charge in [0.05, 0.1) is 5.39 Å². The Morgan fingerprint density at radius 2 is 2.05 bits per heavy atom. The molecule has 1 aliphatic rings. The molecule has 1 aliphatic carbocycles. The van der Waals surface area contributed by atoms with E-state index in [1.54, 1.807) is 11.3 Å². The van der Waals surface area contributed by atoms with Crippen LogP contribution in [0.4, 0.5) is 5.95 Å². The molecule has 1 N–H and O–H groups in total. The standard InChI is InChI=1S/C16H23N3OS/c1-9-5-6-12(7-10(9)2)20-14-13-8-11(3)21-15(13)19-16(17-4)18-14/h8-10,12H,5-7H2,1-4H3,(H,17,18,19). The van der Waals surface area contributed by atoms with Gasteiger partial charge in [-0.05, 0) is 44.1 Å². The molecule has 2 aromatic heterocycles. The van der Waals surface area contributed by atoms with Gasteiger partial charge in [0, 0.05) is 11.9 Å². The largest absolute Gasteiger partial charge is 0.474 e. The second kappa shape index (κ2) is 5.79. The molecule has 2 aromatic rings. The maximum Gasteiger partial charge on any atom is 0.227 e. The minimum Gasteiger partial charge on any atom is -0.474 e. The summed E-state index contributed by atoms with van der Waals surface area (Å²) in [6.07, 6.45) is 3.75. The molecule has 114 valence electrons. The Kier molecular flexibility index (Phi) is 4.02. The highest BCUT2D eigenvalue weighted by atomic mass is 32.1. The molecule has 0 saturated heterocycles. The lowest BCUT2D eigenvalue weighted by molar-refractivity contribution is 0.0980. The molecule has 0 aliphatic heterocycles. The topological polar surface area (TPSA) is 47.0 Å². The first kappa shape index (κ1) is 14.6. The second-order valence-corrected chi connectivity index (χ2v) is 7.42. The number of nitrogens with one attached hydrogen (secondary N) is 1. The van der Waals surface area contributed by atoms with Crippen LogP contribution in [0.2, 0.25) is 0 Å². The van der Waals surface area contributed by atoms with Crippen LogP contribution in [-0.2, 0) is 0 Å². The van der Waals surface area contributed by atoms with Crippen molar-refractivity contribution in [3.8, 4) is 5.88 Å². The van der Waals surface area contributed by atoms with E-state index >= 15 is 0 Å². The van der Waals surface area contributed by atoms with Crippen LogP contribution in [0.1, 0.15) is 38.0 Å². The third kappa shape index (κ3) is 2.98. The van der Waals surface area contributed by atoms with Gasteiger partial charge in [-0.3, -0.25) is 0 Å². The van der Waals surface area contributed by atoms with Crippen LogP contribution in [0, 0.1) is 18.8 Å². The Morgan fingerprint density at radius 1 is 1.24 bits per heavy atom. The molecule has 4 nitrogen and oxygen atoms in total. The average Bonchev–Trinajstić information content (AvgIpc) is 2.83. The van der Waals surface area contributed by atoms with Crippen molar-refractivity contribution < 1.29 is 4.74 Å². The van der Waals surface area contributed by atoms with E-state index in [4.69, 9.17) is 4.74 Å². The first-order valence-electron chi connectivity index (χ1n) is 7.69. The lowest BCUT2D eigenvalue weighted by atomic mass is 9.80. The SMILES string of the molecule is CNc1nc(OC2CCC(C)C(C)C2)c2cc(C)sc2n1. The predicted octanol–water partition coefficient (Wildman–Crippen LogP) is 4.24. The zero-order valence-electron chi connectivity index (χ0n) is 13.1. The molecule has 5 heteroatoms. The fourth-order valence-corrected chi connectivity index (χ4v) is 3.85. The summed E-state index contributed by atoms with van der Waals surface area (Å²) in [6.45, 7) is 6.76. The maximum absolute atomic E-state index is 6.26. The first-order chi connectivity index (χ1) is 10.1. The minimum atomic E-state index is 0.277. The van der Waals surface area contributed by atoms with Gasteiger partial charge in [-0.15, -0.1) is 11.3 Å². The molecule has 1 fully saturated rings. The van der Waals surface area contributed by atoms with Crippen LogP contribution >= 0.6 is 11.3 Å². The van der Waals surface area contributed by atoms with Gasteiger partial charge >= 0.3 is 0 Å². The summed E-state index contributed by atoms with van der Waals surface area (Å²) in [5.74, 6) is 2.89. The Morgan fingerprint density at radius 3 is 2.76 bits per heavy atom. The van der Waals surface area contributed by atoms with Crippen molar-refractivity contribution >= 4 is 27.5 Å². The fraction of sp³-hybridized carbons (Fsp3) is 0.625. The second-order valence-electron chi connectivity index (χ2n) is 6.19. The number of fused-ring (bicyclic) bond motifs is 1. The van der Waals surface area contributed by atoms with E-state index in [2.05, 4.69) is 42.1 Å². The van der Waals surface area contributed by atoms with Crippen LogP contribution in [0.15, 0.2) is 6.07 Å². The number of nitrogens with zero attached hydrogens (tertiary/aromatic N) is 2. The van der Waals surface area contributed by atoms with Crippen molar-refractivity contribution in [1.29, 1.82) is 0 Å². The lowest BCUT2D eigenvalue weighted by Crippen LogP contribution is -2.29. The zero-order valence-corrected chi connectivity index (χ0v) is 14.0. The minimum absolute atomic E-state index is 0.277. The number of ether oxygens (including phenoxy) is 1. The van der Waals surface area contributed by atoms with Crippen molar-refractivity contribution in [2.24, 2.45) is 11.8 Å². The van der Waals surface area contributed by atoms with E-state index in [1.165, 1.54) is 11.3 Å². The van der Waals surface area contributed by atoms with Gasteiger partial charge in [-0.25, -0.2) is 4.98 Å². The molecule has 3 atom stereocenters. The molecular weight excluding hydrogens is 282 g/mol. The van der Waals surface area contributed by atoms with Crippen LogP contribution in [0.25, 0.3) is 10.2 Å². The van der Waals surface area contributed by atoms with Crippen LogP contribution in [-0.4, -0.2) is 23.1 Å². The van der Waals surface area contributed by atoms with Gasteiger partial charge in [0.15, 0.2) is 0 Å². The van der Waals surface area contributed by atoms with E-state index in [0.717, 1.165) is 34.9 Å². The summed E-state index contributed by atoms with van der Waals surface area (Å²) < 4.78 is 6.26. The van der Waals surface area contributed by atoms with Crippen molar-refractivity contribution in [3.63, 3.8) is 0 Å². The summed E-state index contributed by atoms with van der Waals surface area (Å²) in [7, 11) is 1.84. The molecule has 3 unspecified atom stereocenters. The normalized spacial score (nSPS) is 26.0. The number of hydrogen-bond donors (Lipinski definition) is 1. The summed E-state index contributed by atoms with van der Waals surface area (Å²) in [6, 6.07) is 2.13. The molecule has 21 heavy (non-hydrogen) atoms. The third-order valence-electron chi connectivity index (χ3n) is 4.53. The molecule has 0 aromatic carbocycles. The Hall–Kier alpha value is -1.36. The number of aryl methyl sites for hydroxylation is 1. The van der Waals surface area contributed by atoms with Crippen LogP contribution in [0.5, 0.6) is 5.88 Å². The zero-order chi connectivity index (χ0) is 15.0. The average molecular weight is 305 g/mol. The Balaban J connectivity index is 1.89. The summed E-state index contributed by atoms with van der Waals surface area (Å²) in [5.41, 5.74) is 0. The van der Waals surface area contributed by atoms with Gasteiger partial charge in [-0.1, -0.05) is 13.8 Å². The number of anilines is 1. The molecule has 0 spiro atoms. The smallest absolute Gasteiger partial charge is 0.227 e. The van der Waals surface area contributed by atoms with Crippen molar-refractivity contribution in [2.45, 2.75) is 46.1 Å². The molecule has 3 rings (SSSR count). The lowest BCUT2D eigenvalue weighted by Gasteiger charge is -2.32. The molecule has 0 amide bonds. The van der Waals surface area contributed by atoms with E-state index in [-0.39, 0.29) is 6.10 Å². The van der Waals surface area contributed by atoms with Gasteiger partial charge in [0.2, 0.25) is 11.8 Å². The maximum atomic E-state index is 6.26. The molecule has 1 saturated carbocycles. The number of aromatic nitrogens is 2. The molecule has 2 heterocycles. The number of rotatable bonds is 3. The van der Waals surface area contributed by atoms with Crippen molar-refractivity contribution in [3.05, 3.63) is 10.9 Å². The highest BCUT2D eigenvalue weighted by Crippen LogP contribution is 2.35. The summed E-state index contributed by atoms with van der Waals surface area (Å²) in [5, 5.41) is 4.07. The Labute approximate surface area is 129 Å². The highest BCUT2D eigenvalue weighted by molar-refractivity contribution is 7.18. The summed E-state index contributed by atoms with van der Waals surface area (Å²) >= 11 is 1.69. The van der Waals surface area contributed by atoms with Gasteiger partial charge in [0.1, 0.15) is 10.9 Å². The third-order valence-corrected chi connectivity index (χ3v) is 5.48. The van der Waals surface area contributed by atoms with Crippen LogP contribution < -0.4 is 10.1 Å². The van der Waals surface area contributed by atoms with Gasteiger partial charge in [-0.2, -0.15) is 4.98 Å². The van der Waals surface area contributed by atoms with E-state index in [9.17, 15) is 0 Å². The molecular formula is C16H23N3OS. The predicted molar refractivity (Wildman–Crippen MR) is 88.3 cm³/mol.